The number of pyridine rings is 2. The van der Waals surface area contributed by atoms with E-state index in [1.165, 1.54) is 0 Å². The Morgan fingerprint density at radius 2 is 2.05 bits per heavy atom. The van der Waals surface area contributed by atoms with Crippen molar-refractivity contribution in [3.05, 3.63) is 62.9 Å². The summed E-state index contributed by atoms with van der Waals surface area (Å²) in [4.78, 5) is 16.6. The second-order valence-corrected chi connectivity index (χ2v) is 5.58. The second kappa shape index (κ2) is 3.78. The van der Waals surface area contributed by atoms with Gasteiger partial charge in [0.15, 0.2) is 0 Å². The van der Waals surface area contributed by atoms with E-state index in [1.54, 1.807) is 16.7 Å². The summed E-state index contributed by atoms with van der Waals surface area (Å²) in [6.07, 6.45) is 0. The summed E-state index contributed by atoms with van der Waals surface area (Å²) in [6, 6.07) is 13.5. The minimum Gasteiger partial charge on any atom is -0.302 e. The van der Waals surface area contributed by atoms with Crippen LogP contribution in [0, 0.1) is 0 Å². The van der Waals surface area contributed by atoms with Crippen molar-refractivity contribution < 1.29 is 0 Å². The van der Waals surface area contributed by atoms with E-state index in [2.05, 4.69) is 22.0 Å². The maximum absolute atomic E-state index is 11.9. The van der Waals surface area contributed by atoms with Crippen molar-refractivity contribution in [2.24, 2.45) is 0 Å². The molecule has 0 radical (unpaired) electrons. The van der Waals surface area contributed by atoms with Gasteiger partial charge in [-0.25, -0.2) is 4.98 Å². The molecule has 1 aliphatic heterocycles. The Labute approximate surface area is 117 Å². The van der Waals surface area contributed by atoms with Gasteiger partial charge in [-0.15, -0.1) is 0 Å². The Balaban J connectivity index is 2.06. The summed E-state index contributed by atoms with van der Waals surface area (Å²) in [5, 5.41) is 1.09. The first-order valence-electron chi connectivity index (χ1n) is 6.02. The van der Waals surface area contributed by atoms with Crippen LogP contribution >= 0.6 is 15.9 Å². The summed E-state index contributed by atoms with van der Waals surface area (Å²) < 4.78 is 2.81. The van der Waals surface area contributed by atoms with Gasteiger partial charge in [0, 0.05) is 21.5 Å². The van der Waals surface area contributed by atoms with Gasteiger partial charge in [-0.3, -0.25) is 4.79 Å². The smallest absolute Gasteiger partial charge is 0.251 e. The third-order valence-electron chi connectivity index (χ3n) is 3.48. The van der Waals surface area contributed by atoms with Crippen LogP contribution in [0.2, 0.25) is 0 Å². The maximum atomic E-state index is 11.9. The summed E-state index contributed by atoms with van der Waals surface area (Å²) in [5.41, 5.74) is 3.92. The van der Waals surface area contributed by atoms with Gasteiger partial charge >= 0.3 is 0 Å². The molecule has 4 heteroatoms. The van der Waals surface area contributed by atoms with Gasteiger partial charge in [-0.05, 0) is 30.3 Å². The lowest BCUT2D eigenvalue weighted by atomic mass is 10.1. The van der Waals surface area contributed by atoms with Crippen LogP contribution in [0.1, 0.15) is 5.56 Å². The Hall–Kier alpha value is -1.94. The molecule has 19 heavy (non-hydrogen) atoms. The first-order valence-corrected chi connectivity index (χ1v) is 6.81. The Morgan fingerprint density at radius 3 is 2.95 bits per heavy atom. The summed E-state index contributed by atoms with van der Waals surface area (Å²) in [5.74, 6) is 0. The number of hydrogen-bond acceptors (Lipinski definition) is 2. The van der Waals surface area contributed by atoms with Crippen molar-refractivity contribution in [3.63, 3.8) is 0 Å². The van der Waals surface area contributed by atoms with Crippen molar-refractivity contribution in [2.45, 2.75) is 6.54 Å². The standard InChI is InChI=1S/C15H9BrN2O/c16-11-4-5-12-9(7-11)6-10-8-18-13(15(10)17-12)2-1-3-14(18)19/h1-7H,8H2. The van der Waals surface area contributed by atoms with E-state index in [1.807, 2.05) is 24.3 Å². The second-order valence-electron chi connectivity index (χ2n) is 4.67. The van der Waals surface area contributed by atoms with Crippen molar-refractivity contribution in [1.29, 1.82) is 0 Å². The molecular formula is C15H9BrN2O. The summed E-state index contributed by atoms with van der Waals surface area (Å²) in [7, 11) is 0. The van der Waals surface area contributed by atoms with Gasteiger partial charge in [0.2, 0.25) is 0 Å². The van der Waals surface area contributed by atoms with Crippen LogP contribution in [-0.4, -0.2) is 9.55 Å². The zero-order chi connectivity index (χ0) is 13.0. The number of nitrogens with zero attached hydrogens (tertiary/aromatic N) is 2. The van der Waals surface area contributed by atoms with Crippen LogP contribution < -0.4 is 5.56 Å². The van der Waals surface area contributed by atoms with Crippen LogP contribution in [0.4, 0.5) is 0 Å². The highest BCUT2D eigenvalue weighted by molar-refractivity contribution is 9.10. The predicted octanol–water partition coefficient (Wildman–Crippen LogP) is 3.19. The molecule has 0 aliphatic carbocycles. The van der Waals surface area contributed by atoms with Crippen molar-refractivity contribution >= 4 is 26.8 Å². The first-order chi connectivity index (χ1) is 9.22. The predicted molar refractivity (Wildman–Crippen MR) is 78.2 cm³/mol. The van der Waals surface area contributed by atoms with Crippen LogP contribution in [0.25, 0.3) is 22.3 Å². The van der Waals surface area contributed by atoms with Gasteiger partial charge in [-0.2, -0.15) is 0 Å². The molecule has 92 valence electrons. The zero-order valence-electron chi connectivity index (χ0n) is 9.93. The summed E-state index contributed by atoms with van der Waals surface area (Å²) >= 11 is 3.47. The van der Waals surface area contributed by atoms with Gasteiger partial charge in [0.05, 0.1) is 23.4 Å². The lowest BCUT2D eigenvalue weighted by Crippen LogP contribution is -2.16. The minimum atomic E-state index is 0.0285. The van der Waals surface area contributed by atoms with Gasteiger partial charge < -0.3 is 4.57 Å². The molecule has 0 bridgehead atoms. The number of halogens is 1. The zero-order valence-corrected chi connectivity index (χ0v) is 11.5. The fourth-order valence-electron chi connectivity index (χ4n) is 2.59. The molecule has 0 amide bonds. The average molecular weight is 313 g/mol. The highest BCUT2D eigenvalue weighted by Gasteiger charge is 2.20. The van der Waals surface area contributed by atoms with E-state index in [0.717, 1.165) is 32.3 Å². The fraction of sp³-hybridized carbons (Fsp3) is 0.0667. The number of hydrogen-bond donors (Lipinski definition) is 0. The van der Waals surface area contributed by atoms with Crippen molar-refractivity contribution in [3.8, 4) is 11.4 Å². The van der Waals surface area contributed by atoms with E-state index in [9.17, 15) is 4.79 Å². The number of fused-ring (bicyclic) bond motifs is 4. The molecule has 0 unspecified atom stereocenters. The quantitative estimate of drug-likeness (QED) is 0.500. The largest absolute Gasteiger partial charge is 0.302 e. The lowest BCUT2D eigenvalue weighted by molar-refractivity contribution is 0.804. The maximum Gasteiger partial charge on any atom is 0.251 e. The average Bonchev–Trinajstić information content (AvgIpc) is 2.75. The number of rotatable bonds is 0. The minimum absolute atomic E-state index is 0.0285. The van der Waals surface area contributed by atoms with Crippen molar-refractivity contribution in [1.82, 2.24) is 9.55 Å². The molecule has 1 aromatic carbocycles. The highest BCUT2D eigenvalue weighted by Crippen LogP contribution is 2.31. The number of aromatic nitrogens is 2. The molecule has 0 saturated heterocycles. The van der Waals surface area contributed by atoms with Crippen LogP contribution in [0.15, 0.2) is 51.7 Å². The Bertz CT molecular complexity index is 883. The molecule has 0 fully saturated rings. The first kappa shape index (κ1) is 10.9. The summed E-state index contributed by atoms with van der Waals surface area (Å²) in [6.45, 7) is 0.611. The van der Waals surface area contributed by atoms with Gasteiger partial charge in [0.25, 0.3) is 5.56 Å². The van der Waals surface area contributed by atoms with E-state index in [-0.39, 0.29) is 5.56 Å². The molecule has 1 aliphatic rings. The SMILES string of the molecule is O=c1cccc2n1Cc1cc3cc(Br)ccc3nc1-2. The molecule has 0 saturated carbocycles. The third kappa shape index (κ3) is 1.56. The topological polar surface area (TPSA) is 34.9 Å². The van der Waals surface area contributed by atoms with Crippen LogP contribution in [0.3, 0.4) is 0 Å². The molecule has 3 aromatic rings. The molecule has 3 nitrogen and oxygen atoms in total. The fourth-order valence-corrected chi connectivity index (χ4v) is 2.97. The highest BCUT2D eigenvalue weighted by atomic mass is 79.9. The Morgan fingerprint density at radius 1 is 1.16 bits per heavy atom. The van der Waals surface area contributed by atoms with Crippen LogP contribution in [0.5, 0.6) is 0 Å². The monoisotopic (exact) mass is 312 g/mol. The van der Waals surface area contributed by atoms with Gasteiger partial charge in [-0.1, -0.05) is 22.0 Å². The lowest BCUT2D eigenvalue weighted by Gasteiger charge is -2.03. The van der Waals surface area contributed by atoms with E-state index < -0.39 is 0 Å². The third-order valence-corrected chi connectivity index (χ3v) is 3.97. The van der Waals surface area contributed by atoms with E-state index in [4.69, 9.17) is 4.98 Å². The molecule has 0 spiro atoms. The van der Waals surface area contributed by atoms with E-state index in [0.29, 0.717) is 6.54 Å². The van der Waals surface area contributed by atoms with E-state index >= 15 is 0 Å². The Kier molecular flexibility index (Phi) is 2.17. The normalized spacial score (nSPS) is 12.5. The molecule has 0 N–H and O–H groups in total. The molecule has 2 aromatic heterocycles. The molecule has 0 atom stereocenters. The molecular weight excluding hydrogens is 304 g/mol. The van der Waals surface area contributed by atoms with Crippen LogP contribution in [-0.2, 0) is 6.54 Å². The van der Waals surface area contributed by atoms with Gasteiger partial charge in [0.1, 0.15) is 0 Å². The molecule has 4 rings (SSSR count). The molecule has 3 heterocycles. The van der Waals surface area contributed by atoms with Crippen molar-refractivity contribution in [2.75, 3.05) is 0 Å². The number of benzene rings is 1.